The van der Waals surface area contributed by atoms with E-state index in [2.05, 4.69) is 38.1 Å². The number of ketones is 1. The molecule has 1 aliphatic carbocycles. The van der Waals surface area contributed by atoms with E-state index in [1.54, 1.807) is 0 Å². The number of carbonyl (C=O) groups excluding carboxylic acids is 1. The molecule has 3 rings (SSSR count). The van der Waals surface area contributed by atoms with Crippen LogP contribution in [0.25, 0.3) is 0 Å². The van der Waals surface area contributed by atoms with Crippen LogP contribution in [0.15, 0.2) is 48.5 Å². The van der Waals surface area contributed by atoms with Crippen LogP contribution < -0.4 is 5.73 Å². The Morgan fingerprint density at radius 1 is 1.05 bits per heavy atom. The second-order valence-electron chi connectivity index (χ2n) is 6.89. The number of hydrogen-bond acceptors (Lipinski definition) is 2. The average molecular weight is 293 g/mol. The predicted molar refractivity (Wildman–Crippen MR) is 90.3 cm³/mol. The van der Waals surface area contributed by atoms with Crippen molar-refractivity contribution in [1.82, 2.24) is 0 Å². The minimum absolute atomic E-state index is 0.00428. The summed E-state index contributed by atoms with van der Waals surface area (Å²) < 4.78 is 0. The molecule has 0 spiro atoms. The molecule has 0 aromatic heterocycles. The van der Waals surface area contributed by atoms with E-state index in [1.165, 1.54) is 5.56 Å². The van der Waals surface area contributed by atoms with Crippen molar-refractivity contribution in [3.63, 3.8) is 0 Å². The number of fused-ring (bicyclic) bond motifs is 2. The number of nitrogens with two attached hydrogens (primary N) is 1. The fourth-order valence-electron chi connectivity index (χ4n) is 3.69. The predicted octanol–water partition coefficient (Wildman–Crippen LogP) is 4.03. The molecule has 2 atom stereocenters. The summed E-state index contributed by atoms with van der Waals surface area (Å²) >= 11 is 0. The molecule has 0 bridgehead atoms. The van der Waals surface area contributed by atoms with Crippen LogP contribution in [-0.4, -0.2) is 11.8 Å². The van der Waals surface area contributed by atoms with Crippen LogP contribution in [0.2, 0.25) is 0 Å². The van der Waals surface area contributed by atoms with Crippen LogP contribution in [0, 0.1) is 0 Å². The Balaban J connectivity index is 2.30. The number of Topliss-reactive ketones (excluding diaryl/α,β-unsaturated/α-hetero) is 1. The van der Waals surface area contributed by atoms with Gasteiger partial charge in [-0.05, 0) is 30.0 Å². The Hall–Kier alpha value is -1.93. The zero-order valence-electron chi connectivity index (χ0n) is 13.5. The molecule has 2 heteroatoms. The first kappa shape index (κ1) is 15.0. The van der Waals surface area contributed by atoms with E-state index in [0.717, 1.165) is 16.7 Å². The highest BCUT2D eigenvalue weighted by Crippen LogP contribution is 2.43. The van der Waals surface area contributed by atoms with E-state index >= 15 is 0 Å². The molecule has 2 nitrogen and oxygen atoms in total. The lowest BCUT2D eigenvalue weighted by atomic mass is 9.75. The smallest absolute Gasteiger partial charge is 0.170 e. The quantitative estimate of drug-likeness (QED) is 0.908. The van der Waals surface area contributed by atoms with Gasteiger partial charge in [0, 0.05) is 22.9 Å². The van der Waals surface area contributed by atoms with Gasteiger partial charge >= 0.3 is 0 Å². The van der Waals surface area contributed by atoms with Gasteiger partial charge in [0.2, 0.25) is 0 Å². The number of benzene rings is 2. The van der Waals surface area contributed by atoms with Crippen molar-refractivity contribution in [2.75, 3.05) is 0 Å². The molecule has 0 aliphatic heterocycles. The summed E-state index contributed by atoms with van der Waals surface area (Å²) in [5.41, 5.74) is 10.2. The van der Waals surface area contributed by atoms with Crippen molar-refractivity contribution in [3.05, 3.63) is 70.8 Å². The molecule has 2 aromatic rings. The Morgan fingerprint density at radius 2 is 1.64 bits per heavy atom. The third-order valence-electron chi connectivity index (χ3n) is 4.80. The minimum Gasteiger partial charge on any atom is -0.328 e. The second kappa shape index (κ2) is 5.36. The first-order chi connectivity index (χ1) is 10.4. The zero-order chi connectivity index (χ0) is 15.9. The SMILES string of the molecule is C[C@H](N)CC1C(=O)c2ccccc2C(C)(C)c2ccccc21. The summed E-state index contributed by atoms with van der Waals surface area (Å²) in [7, 11) is 0. The van der Waals surface area contributed by atoms with Crippen LogP contribution in [0.4, 0.5) is 0 Å². The van der Waals surface area contributed by atoms with Crippen molar-refractivity contribution in [1.29, 1.82) is 0 Å². The van der Waals surface area contributed by atoms with Gasteiger partial charge in [-0.2, -0.15) is 0 Å². The molecular formula is C20H23NO. The van der Waals surface area contributed by atoms with Gasteiger partial charge < -0.3 is 5.73 Å². The molecule has 2 aromatic carbocycles. The summed E-state index contributed by atoms with van der Waals surface area (Å²) in [5.74, 6) is 0.0463. The second-order valence-corrected chi connectivity index (χ2v) is 6.89. The molecule has 0 heterocycles. The fraction of sp³-hybridized carbons (Fsp3) is 0.350. The molecule has 22 heavy (non-hydrogen) atoms. The van der Waals surface area contributed by atoms with E-state index in [-0.39, 0.29) is 23.2 Å². The topological polar surface area (TPSA) is 43.1 Å². The summed E-state index contributed by atoms with van der Waals surface area (Å²) in [5, 5.41) is 0. The highest BCUT2D eigenvalue weighted by Gasteiger charge is 2.38. The molecule has 2 N–H and O–H groups in total. The molecule has 1 unspecified atom stereocenters. The van der Waals surface area contributed by atoms with Crippen molar-refractivity contribution in [2.24, 2.45) is 5.73 Å². The number of carbonyl (C=O) groups is 1. The lowest BCUT2D eigenvalue weighted by molar-refractivity contribution is 0.0952. The number of rotatable bonds is 2. The summed E-state index contributed by atoms with van der Waals surface area (Å²) in [4.78, 5) is 13.2. The Bertz CT molecular complexity index is 715. The fourth-order valence-corrected chi connectivity index (χ4v) is 3.69. The van der Waals surface area contributed by atoms with E-state index in [4.69, 9.17) is 5.73 Å². The molecule has 0 amide bonds. The van der Waals surface area contributed by atoms with Crippen molar-refractivity contribution < 1.29 is 4.79 Å². The molecule has 1 aliphatic rings. The Morgan fingerprint density at radius 3 is 2.32 bits per heavy atom. The highest BCUT2D eigenvalue weighted by atomic mass is 16.1. The van der Waals surface area contributed by atoms with Crippen LogP contribution in [-0.2, 0) is 5.41 Å². The van der Waals surface area contributed by atoms with E-state index < -0.39 is 0 Å². The maximum absolute atomic E-state index is 13.2. The van der Waals surface area contributed by atoms with Crippen LogP contribution in [0.3, 0.4) is 0 Å². The Labute approximate surface area is 132 Å². The van der Waals surface area contributed by atoms with Gasteiger partial charge in [-0.15, -0.1) is 0 Å². The molecule has 0 saturated carbocycles. The Kier molecular flexibility index (Phi) is 3.65. The van der Waals surface area contributed by atoms with Crippen molar-refractivity contribution >= 4 is 5.78 Å². The van der Waals surface area contributed by atoms with Gasteiger partial charge in [0.15, 0.2) is 5.78 Å². The largest absolute Gasteiger partial charge is 0.328 e. The standard InChI is InChI=1S/C20H23NO/c1-13(21)12-16-14-8-4-6-10-17(14)20(2,3)18-11-7-5-9-15(18)19(16)22/h4-11,13,16H,12,21H2,1-3H3/t13-,16?/m0/s1. The van der Waals surface area contributed by atoms with Crippen molar-refractivity contribution in [3.8, 4) is 0 Å². The molecular weight excluding hydrogens is 270 g/mol. The average Bonchev–Trinajstić information content (AvgIpc) is 2.57. The van der Waals surface area contributed by atoms with Gasteiger partial charge in [0.25, 0.3) is 0 Å². The normalized spacial score (nSPS) is 20.7. The molecule has 0 fully saturated rings. The summed E-state index contributed by atoms with van der Waals surface area (Å²) in [6.07, 6.45) is 0.681. The molecule has 0 radical (unpaired) electrons. The third-order valence-corrected chi connectivity index (χ3v) is 4.80. The summed E-state index contributed by atoms with van der Waals surface area (Å²) in [6.45, 7) is 6.37. The van der Waals surface area contributed by atoms with E-state index in [9.17, 15) is 4.79 Å². The van der Waals surface area contributed by atoms with Crippen LogP contribution >= 0.6 is 0 Å². The van der Waals surface area contributed by atoms with E-state index in [0.29, 0.717) is 6.42 Å². The zero-order valence-corrected chi connectivity index (χ0v) is 13.5. The van der Waals surface area contributed by atoms with Crippen LogP contribution in [0.1, 0.15) is 60.2 Å². The van der Waals surface area contributed by atoms with Gasteiger partial charge in [0.1, 0.15) is 0 Å². The summed E-state index contributed by atoms with van der Waals surface area (Å²) in [6, 6.07) is 16.3. The number of hydrogen-bond donors (Lipinski definition) is 1. The lowest BCUT2D eigenvalue weighted by Gasteiger charge is -2.28. The molecule has 0 saturated heterocycles. The van der Waals surface area contributed by atoms with Gasteiger partial charge in [0.05, 0.1) is 0 Å². The third kappa shape index (κ3) is 2.28. The van der Waals surface area contributed by atoms with Gasteiger partial charge in [-0.1, -0.05) is 62.4 Å². The highest BCUT2D eigenvalue weighted by molar-refractivity contribution is 6.03. The first-order valence-corrected chi connectivity index (χ1v) is 7.91. The van der Waals surface area contributed by atoms with Gasteiger partial charge in [-0.3, -0.25) is 4.79 Å². The van der Waals surface area contributed by atoms with Gasteiger partial charge in [-0.25, -0.2) is 0 Å². The maximum Gasteiger partial charge on any atom is 0.170 e. The monoisotopic (exact) mass is 293 g/mol. The van der Waals surface area contributed by atoms with Crippen molar-refractivity contribution in [2.45, 2.75) is 44.6 Å². The minimum atomic E-state index is -0.185. The lowest BCUT2D eigenvalue weighted by Crippen LogP contribution is -2.24. The van der Waals surface area contributed by atoms with Crippen LogP contribution in [0.5, 0.6) is 0 Å². The maximum atomic E-state index is 13.2. The van der Waals surface area contributed by atoms with E-state index in [1.807, 2.05) is 31.2 Å². The first-order valence-electron chi connectivity index (χ1n) is 7.91. The molecule has 114 valence electrons.